The van der Waals surface area contributed by atoms with Gasteiger partial charge in [-0.15, -0.1) is 5.06 Å². The van der Waals surface area contributed by atoms with Crippen molar-refractivity contribution in [3.8, 4) is 0 Å². The van der Waals surface area contributed by atoms with E-state index in [-0.39, 0.29) is 31.4 Å². The van der Waals surface area contributed by atoms with E-state index in [0.717, 1.165) is 38.7 Å². The van der Waals surface area contributed by atoms with Crippen LogP contribution >= 0.6 is 0 Å². The van der Waals surface area contributed by atoms with Gasteiger partial charge in [0, 0.05) is 33.2 Å². The SMILES string of the molecule is CC.CC.CC(=O)N(OC(=O)CCCCCCC(=O)NCC(=O)OC(C)(C)C)C(C)=O.CCCCNC(=O)OCc1ccccc1. The fraction of sp³-hybridized carbons (Fsp3) is 0.647. The number of nitrogens with one attached hydrogen (secondary N) is 2. The van der Waals surface area contributed by atoms with Crippen molar-refractivity contribution in [1.82, 2.24) is 15.7 Å². The summed E-state index contributed by atoms with van der Waals surface area (Å²) in [5, 5.41) is 5.62. The van der Waals surface area contributed by atoms with Crippen LogP contribution in [0.2, 0.25) is 0 Å². The molecule has 0 radical (unpaired) electrons. The van der Waals surface area contributed by atoms with Crippen molar-refractivity contribution in [2.75, 3.05) is 13.1 Å². The lowest BCUT2D eigenvalue weighted by molar-refractivity contribution is -0.200. The van der Waals surface area contributed by atoms with Crippen molar-refractivity contribution in [2.24, 2.45) is 0 Å². The maximum absolute atomic E-state index is 11.6. The first-order valence-corrected chi connectivity index (χ1v) is 16.2. The van der Waals surface area contributed by atoms with E-state index in [4.69, 9.17) is 14.3 Å². The highest BCUT2D eigenvalue weighted by atomic mass is 16.7. The number of carbonyl (C=O) groups is 6. The van der Waals surface area contributed by atoms with Gasteiger partial charge in [0.05, 0.1) is 0 Å². The monoisotopic (exact) mass is 653 g/mol. The van der Waals surface area contributed by atoms with Gasteiger partial charge in [-0.3, -0.25) is 19.2 Å². The molecule has 1 aromatic rings. The number of benzene rings is 1. The minimum Gasteiger partial charge on any atom is -0.459 e. The lowest BCUT2D eigenvalue weighted by Gasteiger charge is -2.19. The first kappa shape index (κ1) is 46.5. The zero-order valence-corrected chi connectivity index (χ0v) is 29.8. The molecule has 0 aliphatic rings. The molecule has 0 atom stereocenters. The molecule has 0 unspecified atom stereocenters. The fourth-order valence-corrected chi connectivity index (χ4v) is 3.18. The van der Waals surface area contributed by atoms with E-state index >= 15 is 0 Å². The minimum absolute atomic E-state index is 0.0713. The second-order valence-corrected chi connectivity index (χ2v) is 10.4. The first-order valence-electron chi connectivity index (χ1n) is 16.2. The summed E-state index contributed by atoms with van der Waals surface area (Å²) in [6.07, 6.45) is 4.60. The molecule has 0 aliphatic heterocycles. The predicted octanol–water partition coefficient (Wildman–Crippen LogP) is 6.40. The normalized spacial score (nSPS) is 9.70. The molecular formula is C34H59N3O9. The van der Waals surface area contributed by atoms with Gasteiger partial charge in [0.15, 0.2) is 0 Å². The average molecular weight is 654 g/mol. The summed E-state index contributed by atoms with van der Waals surface area (Å²) in [7, 11) is 0. The number of rotatable bonds is 14. The summed E-state index contributed by atoms with van der Waals surface area (Å²) in [5.41, 5.74) is 0.414. The number of ether oxygens (including phenoxy) is 2. The highest BCUT2D eigenvalue weighted by molar-refractivity contribution is 5.92. The van der Waals surface area contributed by atoms with Crippen LogP contribution in [-0.2, 0) is 44.9 Å². The summed E-state index contributed by atoms with van der Waals surface area (Å²) in [6, 6.07) is 9.64. The maximum Gasteiger partial charge on any atom is 0.407 e. The molecule has 12 heteroatoms. The lowest BCUT2D eigenvalue weighted by Crippen LogP contribution is -2.35. The Morgan fingerprint density at radius 2 is 1.28 bits per heavy atom. The van der Waals surface area contributed by atoms with E-state index in [1.165, 1.54) is 0 Å². The highest BCUT2D eigenvalue weighted by Crippen LogP contribution is 2.08. The van der Waals surface area contributed by atoms with Gasteiger partial charge in [0.1, 0.15) is 18.8 Å². The molecule has 0 aliphatic carbocycles. The maximum atomic E-state index is 11.6. The van der Waals surface area contributed by atoms with Crippen molar-refractivity contribution in [1.29, 1.82) is 0 Å². The van der Waals surface area contributed by atoms with E-state index < -0.39 is 29.4 Å². The van der Waals surface area contributed by atoms with Crippen molar-refractivity contribution in [3.63, 3.8) is 0 Å². The molecule has 1 aromatic carbocycles. The Morgan fingerprint density at radius 3 is 1.78 bits per heavy atom. The van der Waals surface area contributed by atoms with E-state index in [9.17, 15) is 28.8 Å². The Bertz CT molecular complexity index is 979. The van der Waals surface area contributed by atoms with Gasteiger partial charge in [0.2, 0.25) is 5.91 Å². The quantitative estimate of drug-likeness (QED) is 0.132. The molecule has 0 aromatic heterocycles. The van der Waals surface area contributed by atoms with Gasteiger partial charge in [-0.05, 0) is 45.6 Å². The third kappa shape index (κ3) is 30.1. The number of carbonyl (C=O) groups excluding carboxylic acids is 6. The van der Waals surface area contributed by atoms with Crippen LogP contribution in [0.25, 0.3) is 0 Å². The van der Waals surface area contributed by atoms with Crippen molar-refractivity contribution < 1.29 is 43.1 Å². The highest BCUT2D eigenvalue weighted by Gasteiger charge is 2.19. The number of alkyl carbamates (subject to hydrolysis) is 1. The molecule has 4 amide bonds. The number of hydroxylamine groups is 2. The Hall–Kier alpha value is -3.96. The second kappa shape index (κ2) is 29.7. The van der Waals surface area contributed by atoms with E-state index in [1.54, 1.807) is 20.8 Å². The van der Waals surface area contributed by atoms with Crippen LogP contribution in [0.4, 0.5) is 4.79 Å². The number of imide groups is 1. The number of hydrogen-bond donors (Lipinski definition) is 2. The van der Waals surface area contributed by atoms with Crippen molar-refractivity contribution in [3.05, 3.63) is 35.9 Å². The second-order valence-electron chi connectivity index (χ2n) is 10.4. The number of hydrogen-bond acceptors (Lipinski definition) is 9. The molecule has 0 bridgehead atoms. The molecule has 2 N–H and O–H groups in total. The van der Waals surface area contributed by atoms with E-state index in [1.807, 2.05) is 58.0 Å². The minimum atomic E-state index is -0.659. The van der Waals surface area contributed by atoms with Crippen LogP contribution in [0, 0.1) is 0 Å². The number of amides is 4. The molecule has 0 spiro atoms. The van der Waals surface area contributed by atoms with Gasteiger partial charge in [0.25, 0.3) is 11.8 Å². The smallest absolute Gasteiger partial charge is 0.407 e. The molecule has 0 saturated heterocycles. The first-order chi connectivity index (χ1) is 21.7. The molecule has 0 saturated carbocycles. The summed E-state index contributed by atoms with van der Waals surface area (Å²) in [6.45, 7) is 18.4. The number of nitrogens with zero attached hydrogens (tertiary/aromatic N) is 1. The van der Waals surface area contributed by atoms with Gasteiger partial charge >= 0.3 is 18.0 Å². The largest absolute Gasteiger partial charge is 0.459 e. The zero-order chi connectivity index (χ0) is 36.0. The Labute approximate surface area is 276 Å². The summed E-state index contributed by atoms with van der Waals surface area (Å²) in [4.78, 5) is 72.8. The molecule has 1 rings (SSSR count). The lowest BCUT2D eigenvalue weighted by atomic mass is 10.1. The van der Waals surface area contributed by atoms with Crippen LogP contribution in [0.5, 0.6) is 0 Å². The topological polar surface area (TPSA) is 157 Å². The molecular weight excluding hydrogens is 594 g/mol. The number of unbranched alkanes of at least 4 members (excludes halogenated alkanes) is 4. The molecule has 0 heterocycles. The Kier molecular flexibility index (Phi) is 30.0. The summed E-state index contributed by atoms with van der Waals surface area (Å²) < 4.78 is 10.1. The van der Waals surface area contributed by atoms with Gasteiger partial charge in [-0.1, -0.05) is 84.2 Å². The van der Waals surface area contributed by atoms with E-state index in [2.05, 4.69) is 17.6 Å². The van der Waals surface area contributed by atoms with Gasteiger partial charge in [-0.2, -0.15) is 0 Å². The predicted molar refractivity (Wildman–Crippen MR) is 178 cm³/mol. The average Bonchev–Trinajstić information content (AvgIpc) is 3.01. The van der Waals surface area contributed by atoms with Crippen LogP contribution in [0.15, 0.2) is 30.3 Å². The molecule has 12 nitrogen and oxygen atoms in total. The van der Waals surface area contributed by atoms with Crippen LogP contribution in [0.3, 0.4) is 0 Å². The number of esters is 1. The Balaban J connectivity index is -0.000000816. The zero-order valence-electron chi connectivity index (χ0n) is 29.8. The van der Waals surface area contributed by atoms with E-state index in [0.29, 0.717) is 37.5 Å². The van der Waals surface area contributed by atoms with Crippen LogP contribution < -0.4 is 10.6 Å². The van der Waals surface area contributed by atoms with Gasteiger partial charge in [-0.25, -0.2) is 9.59 Å². The van der Waals surface area contributed by atoms with Gasteiger partial charge < -0.3 is 24.9 Å². The van der Waals surface area contributed by atoms with Crippen molar-refractivity contribution >= 4 is 35.8 Å². The molecule has 0 fully saturated rings. The molecule has 46 heavy (non-hydrogen) atoms. The summed E-state index contributed by atoms with van der Waals surface area (Å²) in [5.74, 6) is -2.70. The molecule has 264 valence electrons. The van der Waals surface area contributed by atoms with Crippen molar-refractivity contribution in [2.45, 2.75) is 133 Å². The standard InChI is InChI=1S/C18H30N2O7.C12H17NO2.2C2H6/c1-13(21)20(14(2)22)27-16(24)11-9-7-6-8-10-15(23)19-12-17(25)26-18(3,4)5;1-2-3-9-13-12(14)15-10-11-7-5-4-6-8-11;2*1-2/h6-12H2,1-5H3,(H,19,23);4-8H,2-3,9-10H2,1H3,(H,13,14);2*1-2H3. The fourth-order valence-electron chi connectivity index (χ4n) is 3.18. The summed E-state index contributed by atoms with van der Waals surface area (Å²) >= 11 is 0. The third-order valence-electron chi connectivity index (χ3n) is 5.16. The Morgan fingerprint density at radius 1 is 0.739 bits per heavy atom. The van der Waals surface area contributed by atoms with Crippen LogP contribution in [-0.4, -0.2) is 59.5 Å². The third-order valence-corrected chi connectivity index (χ3v) is 5.16. The van der Waals surface area contributed by atoms with Crippen LogP contribution in [0.1, 0.15) is 126 Å².